The van der Waals surface area contributed by atoms with Gasteiger partial charge in [-0.15, -0.1) is 11.3 Å². The molecule has 0 saturated carbocycles. The number of nitrogens with one attached hydrogen (secondary N) is 1. The van der Waals surface area contributed by atoms with Crippen LogP contribution in [0.25, 0.3) is 0 Å². The summed E-state index contributed by atoms with van der Waals surface area (Å²) in [5.41, 5.74) is 1.85. The van der Waals surface area contributed by atoms with Crippen LogP contribution in [0.3, 0.4) is 0 Å². The first-order valence-electron chi connectivity index (χ1n) is 6.01. The molecule has 1 nitrogen and oxygen atoms in total. The van der Waals surface area contributed by atoms with E-state index in [0.717, 1.165) is 10.3 Å². The Hall–Kier alpha value is -0.420. The van der Waals surface area contributed by atoms with Crippen molar-refractivity contribution in [3.8, 4) is 0 Å². The standard InChI is InChI=1S/C14H14BrClFNS/c1-2-18-13(10-6-14(15)19-8-10)5-9-3-4-11(16)7-12(9)17/h3-4,6-8,13,18H,2,5H2,1H3. The molecule has 2 rings (SSSR count). The van der Waals surface area contributed by atoms with E-state index in [2.05, 4.69) is 32.7 Å². The Morgan fingerprint density at radius 3 is 2.79 bits per heavy atom. The van der Waals surface area contributed by atoms with Crippen molar-refractivity contribution in [2.24, 2.45) is 0 Å². The Bertz CT molecular complexity index is 558. The van der Waals surface area contributed by atoms with E-state index in [9.17, 15) is 4.39 Å². The molecule has 0 radical (unpaired) electrons. The van der Waals surface area contributed by atoms with Gasteiger partial charge in [-0.25, -0.2) is 4.39 Å². The zero-order chi connectivity index (χ0) is 13.8. The van der Waals surface area contributed by atoms with Crippen LogP contribution in [0.5, 0.6) is 0 Å². The van der Waals surface area contributed by atoms with E-state index in [0.29, 0.717) is 17.0 Å². The molecule has 0 amide bonds. The molecule has 102 valence electrons. The number of halogens is 3. The maximum Gasteiger partial charge on any atom is 0.127 e. The maximum atomic E-state index is 13.9. The van der Waals surface area contributed by atoms with Crippen molar-refractivity contribution < 1.29 is 4.39 Å². The monoisotopic (exact) mass is 361 g/mol. The molecule has 1 unspecified atom stereocenters. The minimum atomic E-state index is -0.246. The van der Waals surface area contributed by atoms with Gasteiger partial charge in [0, 0.05) is 11.1 Å². The largest absolute Gasteiger partial charge is 0.310 e. The van der Waals surface area contributed by atoms with Gasteiger partial charge in [0.2, 0.25) is 0 Å². The number of benzene rings is 1. The molecule has 0 saturated heterocycles. The molecule has 1 aromatic heterocycles. The number of rotatable bonds is 5. The summed E-state index contributed by atoms with van der Waals surface area (Å²) in [4.78, 5) is 0. The van der Waals surface area contributed by atoms with Crippen LogP contribution in [0.2, 0.25) is 5.02 Å². The molecule has 0 spiro atoms. The summed E-state index contributed by atoms with van der Waals surface area (Å²) in [6.07, 6.45) is 0.611. The van der Waals surface area contributed by atoms with E-state index in [-0.39, 0.29) is 11.9 Å². The van der Waals surface area contributed by atoms with E-state index in [1.807, 2.05) is 6.92 Å². The number of thiophene rings is 1. The van der Waals surface area contributed by atoms with Gasteiger partial charge < -0.3 is 5.32 Å². The molecule has 19 heavy (non-hydrogen) atoms. The lowest BCUT2D eigenvalue weighted by Crippen LogP contribution is -2.22. The molecule has 1 heterocycles. The highest BCUT2D eigenvalue weighted by Gasteiger charge is 2.15. The van der Waals surface area contributed by atoms with Gasteiger partial charge in [-0.2, -0.15) is 0 Å². The molecule has 2 aromatic rings. The average molecular weight is 363 g/mol. The highest BCUT2D eigenvalue weighted by atomic mass is 79.9. The van der Waals surface area contributed by atoms with Gasteiger partial charge in [0.25, 0.3) is 0 Å². The lowest BCUT2D eigenvalue weighted by Gasteiger charge is -2.17. The third kappa shape index (κ3) is 4.02. The van der Waals surface area contributed by atoms with Gasteiger partial charge in [-0.3, -0.25) is 0 Å². The van der Waals surface area contributed by atoms with E-state index < -0.39 is 0 Å². The van der Waals surface area contributed by atoms with Gasteiger partial charge in [0.1, 0.15) is 5.82 Å². The zero-order valence-electron chi connectivity index (χ0n) is 10.4. The number of likely N-dealkylation sites (N-methyl/N-ethyl adjacent to an activating group) is 1. The summed E-state index contributed by atoms with van der Waals surface area (Å²) in [5.74, 6) is -0.246. The Morgan fingerprint density at radius 2 is 2.21 bits per heavy atom. The van der Waals surface area contributed by atoms with Crippen molar-refractivity contribution in [3.63, 3.8) is 0 Å². The second-order valence-electron chi connectivity index (χ2n) is 4.23. The summed E-state index contributed by atoms with van der Waals surface area (Å²) >= 11 is 10.9. The van der Waals surface area contributed by atoms with Crippen molar-refractivity contribution in [2.45, 2.75) is 19.4 Å². The summed E-state index contributed by atoms with van der Waals surface area (Å²) in [6, 6.07) is 7.04. The fourth-order valence-corrected chi connectivity index (χ4v) is 3.36. The summed E-state index contributed by atoms with van der Waals surface area (Å²) in [7, 11) is 0. The Balaban J connectivity index is 2.21. The second kappa shape index (κ2) is 6.84. The molecule has 0 fully saturated rings. The first-order chi connectivity index (χ1) is 9.10. The molecule has 1 atom stereocenters. The summed E-state index contributed by atoms with van der Waals surface area (Å²) in [5, 5.41) is 5.91. The highest BCUT2D eigenvalue weighted by Crippen LogP contribution is 2.28. The van der Waals surface area contributed by atoms with E-state index in [4.69, 9.17) is 11.6 Å². The smallest absolute Gasteiger partial charge is 0.127 e. The maximum absolute atomic E-state index is 13.9. The van der Waals surface area contributed by atoms with Crippen LogP contribution in [-0.2, 0) is 6.42 Å². The molecular formula is C14H14BrClFNS. The topological polar surface area (TPSA) is 12.0 Å². The first kappa shape index (κ1) is 15.0. The van der Waals surface area contributed by atoms with Crippen LogP contribution in [0.15, 0.2) is 33.4 Å². The number of hydrogen-bond donors (Lipinski definition) is 1. The predicted molar refractivity (Wildman–Crippen MR) is 83.6 cm³/mol. The van der Waals surface area contributed by atoms with E-state index in [1.165, 1.54) is 11.6 Å². The minimum Gasteiger partial charge on any atom is -0.310 e. The average Bonchev–Trinajstić information content (AvgIpc) is 2.78. The SMILES string of the molecule is CCNC(Cc1ccc(Cl)cc1F)c1csc(Br)c1. The lowest BCUT2D eigenvalue weighted by atomic mass is 10.0. The summed E-state index contributed by atoms with van der Waals surface area (Å²) < 4.78 is 14.9. The van der Waals surface area contributed by atoms with Gasteiger partial charge in [0.05, 0.1) is 3.79 Å². The van der Waals surface area contributed by atoms with Crippen molar-refractivity contribution >= 4 is 38.9 Å². The van der Waals surface area contributed by atoms with Gasteiger partial charge in [-0.05, 0) is 63.6 Å². The van der Waals surface area contributed by atoms with E-state index in [1.54, 1.807) is 23.5 Å². The van der Waals surface area contributed by atoms with E-state index >= 15 is 0 Å². The summed E-state index contributed by atoms with van der Waals surface area (Å²) in [6.45, 7) is 2.89. The fourth-order valence-electron chi connectivity index (χ4n) is 1.97. The molecule has 1 aromatic carbocycles. The van der Waals surface area contributed by atoms with Crippen molar-refractivity contribution in [3.05, 3.63) is 55.4 Å². The van der Waals surface area contributed by atoms with Gasteiger partial charge in [-0.1, -0.05) is 24.6 Å². The first-order valence-corrected chi connectivity index (χ1v) is 8.06. The molecule has 0 bridgehead atoms. The number of hydrogen-bond acceptors (Lipinski definition) is 2. The van der Waals surface area contributed by atoms with Crippen LogP contribution in [0.4, 0.5) is 4.39 Å². The van der Waals surface area contributed by atoms with Crippen molar-refractivity contribution in [1.29, 1.82) is 0 Å². The van der Waals surface area contributed by atoms with Crippen LogP contribution in [0.1, 0.15) is 24.1 Å². The van der Waals surface area contributed by atoms with Crippen LogP contribution in [-0.4, -0.2) is 6.54 Å². The Labute approximate surface area is 129 Å². The Morgan fingerprint density at radius 1 is 1.42 bits per heavy atom. The van der Waals surface area contributed by atoms with Gasteiger partial charge in [0.15, 0.2) is 0 Å². The molecule has 0 aliphatic heterocycles. The quantitative estimate of drug-likeness (QED) is 0.771. The zero-order valence-corrected chi connectivity index (χ0v) is 13.6. The molecule has 0 aliphatic rings. The lowest BCUT2D eigenvalue weighted by molar-refractivity contribution is 0.529. The van der Waals surface area contributed by atoms with Crippen molar-refractivity contribution in [2.75, 3.05) is 6.54 Å². The van der Waals surface area contributed by atoms with Crippen LogP contribution >= 0.6 is 38.9 Å². The molecule has 5 heteroatoms. The molecule has 1 N–H and O–H groups in total. The highest BCUT2D eigenvalue weighted by molar-refractivity contribution is 9.11. The molecular weight excluding hydrogens is 349 g/mol. The second-order valence-corrected chi connectivity index (χ2v) is 6.96. The van der Waals surface area contributed by atoms with Gasteiger partial charge >= 0.3 is 0 Å². The third-order valence-electron chi connectivity index (χ3n) is 2.88. The van der Waals surface area contributed by atoms with Crippen LogP contribution in [0, 0.1) is 5.82 Å². The predicted octanol–water partition coefficient (Wildman–Crippen LogP) is 5.20. The van der Waals surface area contributed by atoms with Crippen molar-refractivity contribution in [1.82, 2.24) is 5.32 Å². The van der Waals surface area contributed by atoms with Crippen LogP contribution < -0.4 is 5.32 Å². The minimum absolute atomic E-state index is 0.114. The Kier molecular flexibility index (Phi) is 5.39. The normalized spacial score (nSPS) is 12.6. The molecule has 0 aliphatic carbocycles. The fraction of sp³-hybridized carbons (Fsp3) is 0.286. The third-order valence-corrected chi connectivity index (χ3v) is 4.64.